The van der Waals surface area contributed by atoms with E-state index in [9.17, 15) is 4.79 Å². The van der Waals surface area contributed by atoms with E-state index in [2.05, 4.69) is 0 Å². The van der Waals surface area contributed by atoms with E-state index in [4.69, 9.17) is 9.47 Å². The molecule has 0 N–H and O–H groups in total. The van der Waals surface area contributed by atoms with Gasteiger partial charge >= 0.3 is 0 Å². The van der Waals surface area contributed by atoms with Gasteiger partial charge in [-0.25, -0.2) is 0 Å². The molecule has 0 aliphatic rings. The molecule has 17 heavy (non-hydrogen) atoms. The lowest BCUT2D eigenvalue weighted by atomic mass is 10.1. The maximum absolute atomic E-state index is 11.0. The molecule has 0 amide bonds. The molecular weight excluding hydrogens is 216 g/mol. The highest BCUT2D eigenvalue weighted by molar-refractivity contribution is 5.80. The fourth-order valence-electron chi connectivity index (χ4n) is 1.75. The minimum Gasteiger partial charge on any atom is -0.492 e. The molecule has 0 fully saturated rings. The van der Waals surface area contributed by atoms with Gasteiger partial charge in [0.15, 0.2) is 6.29 Å². The first kappa shape index (κ1) is 13.7. The minimum atomic E-state index is 0.574. The second-order valence-electron chi connectivity index (χ2n) is 4.02. The highest BCUT2D eigenvalue weighted by Gasteiger charge is 2.07. The SMILES string of the molecule is CCOCCCOc1c(C)cc(C)cc1C=O. The smallest absolute Gasteiger partial charge is 0.153 e. The van der Waals surface area contributed by atoms with Crippen molar-refractivity contribution >= 4 is 6.29 Å². The average molecular weight is 236 g/mol. The molecule has 0 aromatic heterocycles. The molecule has 0 spiro atoms. The lowest BCUT2D eigenvalue weighted by molar-refractivity contribution is 0.111. The maximum atomic E-state index is 11.0. The molecule has 0 saturated carbocycles. The van der Waals surface area contributed by atoms with Gasteiger partial charge in [0, 0.05) is 19.6 Å². The molecule has 3 heteroatoms. The average Bonchev–Trinajstić information content (AvgIpc) is 2.30. The zero-order chi connectivity index (χ0) is 12.7. The van der Waals surface area contributed by atoms with Gasteiger partial charge in [-0.15, -0.1) is 0 Å². The monoisotopic (exact) mass is 236 g/mol. The number of carbonyl (C=O) groups excluding carboxylic acids is 1. The van der Waals surface area contributed by atoms with Crippen molar-refractivity contribution in [3.8, 4) is 5.75 Å². The first-order chi connectivity index (χ1) is 8.19. The molecule has 0 heterocycles. The van der Waals surface area contributed by atoms with Crippen LogP contribution in [0.5, 0.6) is 5.75 Å². The highest BCUT2D eigenvalue weighted by atomic mass is 16.5. The standard InChI is InChI=1S/C14H20O3/c1-4-16-6-5-7-17-14-12(3)8-11(2)9-13(14)10-15/h8-10H,4-7H2,1-3H3. The summed E-state index contributed by atoms with van der Waals surface area (Å²) in [6.07, 6.45) is 1.68. The first-order valence-electron chi connectivity index (χ1n) is 5.96. The Morgan fingerprint density at radius 1 is 1.24 bits per heavy atom. The summed E-state index contributed by atoms with van der Waals surface area (Å²) in [5.74, 6) is 0.696. The van der Waals surface area contributed by atoms with E-state index in [0.717, 1.165) is 30.4 Å². The summed E-state index contributed by atoms with van der Waals surface area (Å²) in [7, 11) is 0. The predicted molar refractivity (Wildman–Crippen MR) is 67.9 cm³/mol. The van der Waals surface area contributed by atoms with Gasteiger partial charge in [-0.2, -0.15) is 0 Å². The van der Waals surface area contributed by atoms with Crippen molar-refractivity contribution in [1.82, 2.24) is 0 Å². The van der Waals surface area contributed by atoms with Crippen LogP contribution in [0.4, 0.5) is 0 Å². The third-order valence-electron chi connectivity index (χ3n) is 2.46. The summed E-state index contributed by atoms with van der Waals surface area (Å²) in [4.78, 5) is 11.0. The molecule has 0 aliphatic heterocycles. The van der Waals surface area contributed by atoms with Crippen molar-refractivity contribution in [3.05, 3.63) is 28.8 Å². The van der Waals surface area contributed by atoms with Crippen LogP contribution in [-0.4, -0.2) is 26.1 Å². The zero-order valence-corrected chi connectivity index (χ0v) is 10.8. The van der Waals surface area contributed by atoms with Gasteiger partial charge in [-0.1, -0.05) is 6.07 Å². The third kappa shape index (κ3) is 4.19. The Kier molecular flexibility index (Phi) is 5.70. The Hall–Kier alpha value is -1.35. The molecule has 3 nitrogen and oxygen atoms in total. The molecular formula is C14H20O3. The second kappa shape index (κ2) is 7.07. The van der Waals surface area contributed by atoms with Gasteiger partial charge in [0.1, 0.15) is 5.75 Å². The molecule has 0 aliphatic carbocycles. The van der Waals surface area contributed by atoms with E-state index < -0.39 is 0 Å². The number of ether oxygens (including phenoxy) is 2. The Labute approximate surface area is 103 Å². The quantitative estimate of drug-likeness (QED) is 0.539. The van der Waals surface area contributed by atoms with E-state index in [-0.39, 0.29) is 0 Å². The van der Waals surface area contributed by atoms with Gasteiger partial charge in [0.25, 0.3) is 0 Å². The van der Waals surface area contributed by atoms with Gasteiger partial charge in [0.05, 0.1) is 12.2 Å². The van der Waals surface area contributed by atoms with Gasteiger partial charge in [0.2, 0.25) is 0 Å². The number of benzene rings is 1. The van der Waals surface area contributed by atoms with Crippen LogP contribution < -0.4 is 4.74 Å². The van der Waals surface area contributed by atoms with E-state index in [0.29, 0.717) is 24.5 Å². The van der Waals surface area contributed by atoms with Crippen molar-refractivity contribution in [2.45, 2.75) is 27.2 Å². The molecule has 0 unspecified atom stereocenters. The number of hydrogen-bond acceptors (Lipinski definition) is 3. The second-order valence-corrected chi connectivity index (χ2v) is 4.02. The third-order valence-corrected chi connectivity index (χ3v) is 2.46. The molecule has 0 atom stereocenters. The van der Waals surface area contributed by atoms with Crippen LogP contribution in [0.3, 0.4) is 0 Å². The van der Waals surface area contributed by atoms with E-state index >= 15 is 0 Å². The number of aldehydes is 1. The summed E-state index contributed by atoms with van der Waals surface area (Å²) in [5, 5.41) is 0. The van der Waals surface area contributed by atoms with Crippen LogP contribution in [0.2, 0.25) is 0 Å². The van der Waals surface area contributed by atoms with Crippen molar-refractivity contribution in [3.63, 3.8) is 0 Å². The summed E-state index contributed by atoms with van der Waals surface area (Å²) >= 11 is 0. The maximum Gasteiger partial charge on any atom is 0.153 e. The van der Waals surface area contributed by atoms with Crippen molar-refractivity contribution in [1.29, 1.82) is 0 Å². The molecule has 0 radical (unpaired) electrons. The van der Waals surface area contributed by atoms with Crippen LogP contribution in [0.15, 0.2) is 12.1 Å². The van der Waals surface area contributed by atoms with Crippen LogP contribution in [0.25, 0.3) is 0 Å². The minimum absolute atomic E-state index is 0.574. The summed E-state index contributed by atoms with van der Waals surface area (Å²) in [6, 6.07) is 3.86. The lowest BCUT2D eigenvalue weighted by Crippen LogP contribution is -2.05. The largest absolute Gasteiger partial charge is 0.492 e. The summed E-state index contributed by atoms with van der Waals surface area (Å²) in [5.41, 5.74) is 2.70. The Bertz CT molecular complexity index is 372. The van der Waals surface area contributed by atoms with E-state index in [1.165, 1.54) is 0 Å². The Balaban J connectivity index is 2.60. The molecule has 1 rings (SSSR count). The number of carbonyl (C=O) groups is 1. The highest BCUT2D eigenvalue weighted by Crippen LogP contribution is 2.24. The molecule has 94 valence electrons. The zero-order valence-electron chi connectivity index (χ0n) is 10.8. The van der Waals surface area contributed by atoms with E-state index in [1.54, 1.807) is 0 Å². The van der Waals surface area contributed by atoms with Crippen molar-refractivity contribution < 1.29 is 14.3 Å². The van der Waals surface area contributed by atoms with Gasteiger partial charge in [-0.05, 0) is 38.0 Å². The van der Waals surface area contributed by atoms with Gasteiger partial charge < -0.3 is 9.47 Å². The van der Waals surface area contributed by atoms with Crippen LogP contribution in [-0.2, 0) is 4.74 Å². The normalized spacial score (nSPS) is 10.3. The topological polar surface area (TPSA) is 35.5 Å². The summed E-state index contributed by atoms with van der Waals surface area (Å²) in [6.45, 7) is 7.89. The Morgan fingerprint density at radius 3 is 2.65 bits per heavy atom. The Morgan fingerprint density at radius 2 is 2.00 bits per heavy atom. The lowest BCUT2D eigenvalue weighted by Gasteiger charge is -2.12. The predicted octanol–water partition coefficient (Wildman–Crippen LogP) is 2.92. The van der Waals surface area contributed by atoms with Crippen molar-refractivity contribution in [2.75, 3.05) is 19.8 Å². The fraction of sp³-hybridized carbons (Fsp3) is 0.500. The molecule has 0 saturated heterocycles. The number of hydrogen-bond donors (Lipinski definition) is 0. The fourth-order valence-corrected chi connectivity index (χ4v) is 1.75. The first-order valence-corrected chi connectivity index (χ1v) is 5.96. The molecule has 1 aromatic carbocycles. The van der Waals surface area contributed by atoms with Crippen LogP contribution in [0.1, 0.15) is 34.8 Å². The molecule has 1 aromatic rings. The number of rotatable bonds is 7. The van der Waals surface area contributed by atoms with Gasteiger partial charge in [-0.3, -0.25) is 4.79 Å². The summed E-state index contributed by atoms with van der Waals surface area (Å²) < 4.78 is 10.9. The van der Waals surface area contributed by atoms with Crippen molar-refractivity contribution in [2.24, 2.45) is 0 Å². The van der Waals surface area contributed by atoms with Crippen LogP contribution in [0, 0.1) is 13.8 Å². The van der Waals surface area contributed by atoms with E-state index in [1.807, 2.05) is 32.9 Å². The molecule has 0 bridgehead atoms. The number of aryl methyl sites for hydroxylation is 2. The van der Waals surface area contributed by atoms with Crippen LogP contribution >= 0.6 is 0 Å².